The van der Waals surface area contributed by atoms with Crippen LogP contribution in [0.2, 0.25) is 0 Å². The molecule has 0 saturated heterocycles. The normalized spacial score (nSPS) is 14.2. The molecule has 0 fully saturated rings. The second-order valence-corrected chi connectivity index (χ2v) is 5.47. The van der Waals surface area contributed by atoms with Gasteiger partial charge in [-0.15, -0.1) is 0 Å². The first-order valence-corrected chi connectivity index (χ1v) is 7.84. The SMILES string of the molecule is NCCCC[C@H](NC(=O)[C@H](CO)NC(=O)[C@@H](N)CCC(=O)O)C(=O)O. The summed E-state index contributed by atoms with van der Waals surface area (Å²) >= 11 is 0. The molecule has 3 atom stereocenters. The van der Waals surface area contributed by atoms with E-state index in [0.717, 1.165) is 0 Å². The maximum absolute atomic E-state index is 12.0. The van der Waals surface area contributed by atoms with Crippen LogP contribution >= 0.6 is 0 Å². The smallest absolute Gasteiger partial charge is 0.326 e. The summed E-state index contributed by atoms with van der Waals surface area (Å²) in [6, 6.07) is -3.73. The van der Waals surface area contributed by atoms with Gasteiger partial charge in [0.2, 0.25) is 11.8 Å². The van der Waals surface area contributed by atoms with Gasteiger partial charge in [0.25, 0.3) is 0 Å². The van der Waals surface area contributed by atoms with Gasteiger partial charge in [0.15, 0.2) is 0 Å². The van der Waals surface area contributed by atoms with Crippen LogP contribution in [0.5, 0.6) is 0 Å². The quantitative estimate of drug-likeness (QED) is 0.171. The Morgan fingerprint density at radius 1 is 0.920 bits per heavy atom. The fourth-order valence-electron chi connectivity index (χ4n) is 1.91. The van der Waals surface area contributed by atoms with Crippen molar-refractivity contribution in [1.29, 1.82) is 0 Å². The number of carboxylic acids is 2. The molecule has 0 aromatic carbocycles. The Hall–Kier alpha value is -2.24. The third kappa shape index (κ3) is 9.59. The first-order valence-electron chi connectivity index (χ1n) is 7.84. The van der Waals surface area contributed by atoms with Gasteiger partial charge in [-0.25, -0.2) is 4.79 Å². The van der Waals surface area contributed by atoms with Gasteiger partial charge < -0.3 is 37.4 Å². The molecule has 0 bridgehead atoms. The molecule has 0 radical (unpaired) electrons. The van der Waals surface area contributed by atoms with Gasteiger partial charge in [-0.1, -0.05) is 0 Å². The van der Waals surface area contributed by atoms with E-state index >= 15 is 0 Å². The van der Waals surface area contributed by atoms with Crippen molar-refractivity contribution in [2.45, 2.75) is 50.2 Å². The van der Waals surface area contributed by atoms with Gasteiger partial charge in [0, 0.05) is 6.42 Å². The minimum atomic E-state index is -1.39. The summed E-state index contributed by atoms with van der Waals surface area (Å²) in [5.74, 6) is -4.06. The van der Waals surface area contributed by atoms with Crippen LogP contribution in [0.4, 0.5) is 0 Å². The molecule has 0 aromatic rings. The number of aliphatic hydroxyl groups excluding tert-OH is 1. The maximum Gasteiger partial charge on any atom is 0.326 e. The molecule has 0 aromatic heterocycles. The number of aliphatic carboxylic acids is 2. The van der Waals surface area contributed by atoms with E-state index in [0.29, 0.717) is 19.4 Å². The average Bonchev–Trinajstić information content (AvgIpc) is 2.55. The van der Waals surface area contributed by atoms with Crippen LogP contribution in [0.25, 0.3) is 0 Å². The molecule has 0 heterocycles. The van der Waals surface area contributed by atoms with Crippen molar-refractivity contribution in [1.82, 2.24) is 10.6 Å². The molecule has 0 aliphatic carbocycles. The highest BCUT2D eigenvalue weighted by molar-refractivity contribution is 5.91. The molecule has 0 spiro atoms. The summed E-state index contributed by atoms with van der Waals surface area (Å²) in [5.41, 5.74) is 10.8. The van der Waals surface area contributed by atoms with E-state index in [1.807, 2.05) is 0 Å². The summed E-state index contributed by atoms with van der Waals surface area (Å²) in [6.07, 6.45) is 0.773. The number of aliphatic hydroxyl groups is 1. The van der Waals surface area contributed by atoms with Crippen LogP contribution in [-0.2, 0) is 19.2 Å². The van der Waals surface area contributed by atoms with Crippen molar-refractivity contribution in [3.8, 4) is 0 Å². The van der Waals surface area contributed by atoms with Crippen molar-refractivity contribution in [3.63, 3.8) is 0 Å². The summed E-state index contributed by atoms with van der Waals surface area (Å²) < 4.78 is 0. The van der Waals surface area contributed by atoms with Crippen molar-refractivity contribution >= 4 is 23.8 Å². The predicted octanol–water partition coefficient (Wildman–Crippen LogP) is -2.65. The Labute approximate surface area is 144 Å². The molecule has 11 nitrogen and oxygen atoms in total. The number of amides is 2. The van der Waals surface area contributed by atoms with E-state index in [2.05, 4.69) is 10.6 Å². The van der Waals surface area contributed by atoms with Crippen molar-refractivity contribution in [2.75, 3.05) is 13.2 Å². The number of nitrogens with two attached hydrogens (primary N) is 2. The second-order valence-electron chi connectivity index (χ2n) is 5.47. The van der Waals surface area contributed by atoms with E-state index < -0.39 is 48.5 Å². The Morgan fingerprint density at radius 2 is 1.52 bits per heavy atom. The van der Waals surface area contributed by atoms with E-state index in [1.165, 1.54) is 0 Å². The van der Waals surface area contributed by atoms with Gasteiger partial charge in [0.1, 0.15) is 12.1 Å². The molecule has 0 aliphatic heterocycles. The van der Waals surface area contributed by atoms with E-state index in [-0.39, 0.29) is 19.3 Å². The van der Waals surface area contributed by atoms with Gasteiger partial charge in [-0.2, -0.15) is 0 Å². The zero-order chi connectivity index (χ0) is 19.4. The highest BCUT2D eigenvalue weighted by atomic mass is 16.4. The molecule has 0 saturated carbocycles. The first-order chi connectivity index (χ1) is 11.7. The molecule has 2 amide bonds. The number of carbonyl (C=O) groups excluding carboxylic acids is 2. The van der Waals surface area contributed by atoms with Crippen LogP contribution in [0.1, 0.15) is 32.1 Å². The Bertz CT molecular complexity index is 472. The third-order valence-corrected chi connectivity index (χ3v) is 3.38. The predicted molar refractivity (Wildman–Crippen MR) is 86.3 cm³/mol. The van der Waals surface area contributed by atoms with Crippen LogP contribution in [0.15, 0.2) is 0 Å². The molecular weight excluding hydrogens is 336 g/mol. The summed E-state index contributed by atoms with van der Waals surface area (Å²) in [6.45, 7) is -0.373. The number of rotatable bonds is 13. The van der Waals surface area contributed by atoms with Crippen LogP contribution in [0, 0.1) is 0 Å². The fourth-order valence-corrected chi connectivity index (χ4v) is 1.91. The highest BCUT2D eigenvalue weighted by Gasteiger charge is 2.27. The van der Waals surface area contributed by atoms with Crippen molar-refractivity contribution < 1.29 is 34.5 Å². The van der Waals surface area contributed by atoms with Gasteiger partial charge >= 0.3 is 11.9 Å². The van der Waals surface area contributed by atoms with Gasteiger partial charge in [-0.3, -0.25) is 14.4 Å². The van der Waals surface area contributed by atoms with E-state index in [1.54, 1.807) is 0 Å². The number of unbranched alkanes of at least 4 members (excludes halogenated alkanes) is 1. The topological polar surface area (TPSA) is 205 Å². The molecule has 0 aliphatic rings. The largest absolute Gasteiger partial charge is 0.481 e. The molecule has 9 N–H and O–H groups in total. The van der Waals surface area contributed by atoms with Crippen LogP contribution in [0.3, 0.4) is 0 Å². The van der Waals surface area contributed by atoms with E-state index in [4.69, 9.17) is 21.7 Å². The fraction of sp³-hybridized carbons (Fsp3) is 0.714. The Kier molecular flexibility index (Phi) is 11.1. The number of carboxylic acid groups (broad SMARTS) is 2. The number of carbonyl (C=O) groups is 4. The monoisotopic (exact) mass is 362 g/mol. The van der Waals surface area contributed by atoms with Crippen molar-refractivity contribution in [3.05, 3.63) is 0 Å². The highest BCUT2D eigenvalue weighted by Crippen LogP contribution is 2.02. The molecule has 11 heteroatoms. The molecule has 25 heavy (non-hydrogen) atoms. The molecule has 144 valence electrons. The molecular formula is C14H26N4O7. The number of hydrogen-bond acceptors (Lipinski definition) is 7. The third-order valence-electron chi connectivity index (χ3n) is 3.38. The number of hydrogen-bond donors (Lipinski definition) is 7. The average molecular weight is 362 g/mol. The van der Waals surface area contributed by atoms with Crippen LogP contribution < -0.4 is 22.1 Å². The zero-order valence-corrected chi connectivity index (χ0v) is 13.8. The molecule has 0 unspecified atom stereocenters. The second kappa shape index (κ2) is 12.2. The van der Waals surface area contributed by atoms with Crippen LogP contribution in [-0.4, -0.2) is 70.3 Å². The lowest BCUT2D eigenvalue weighted by Crippen LogP contribution is -2.55. The van der Waals surface area contributed by atoms with E-state index in [9.17, 15) is 24.3 Å². The number of nitrogens with one attached hydrogen (secondary N) is 2. The maximum atomic E-state index is 12.0. The minimum Gasteiger partial charge on any atom is -0.481 e. The molecule has 0 rings (SSSR count). The lowest BCUT2D eigenvalue weighted by atomic mass is 10.1. The lowest BCUT2D eigenvalue weighted by molar-refractivity contribution is -0.142. The zero-order valence-electron chi connectivity index (χ0n) is 13.8. The van der Waals surface area contributed by atoms with Gasteiger partial charge in [-0.05, 0) is 32.2 Å². The standard InChI is InChI=1S/C14H26N4O7/c15-6-2-1-3-9(14(24)25)17-13(23)10(7-19)18-12(22)8(16)4-5-11(20)21/h8-10,19H,1-7,15-16H2,(H,17,23)(H,18,22)(H,20,21)(H,24,25)/t8-,9-,10-/m0/s1. The Morgan fingerprint density at radius 3 is 2.00 bits per heavy atom. The summed E-state index contributed by atoms with van der Waals surface area (Å²) in [7, 11) is 0. The lowest BCUT2D eigenvalue weighted by Gasteiger charge is -2.21. The Balaban J connectivity index is 4.63. The van der Waals surface area contributed by atoms with Gasteiger partial charge in [0.05, 0.1) is 12.6 Å². The first kappa shape index (κ1) is 22.8. The van der Waals surface area contributed by atoms with Crippen molar-refractivity contribution in [2.24, 2.45) is 11.5 Å². The summed E-state index contributed by atoms with van der Waals surface area (Å²) in [4.78, 5) is 45.4. The minimum absolute atomic E-state index is 0.141. The summed E-state index contributed by atoms with van der Waals surface area (Å²) in [5, 5.41) is 31.3.